The number of amides is 1. The van der Waals surface area contributed by atoms with Crippen molar-refractivity contribution in [1.29, 1.82) is 0 Å². The number of aliphatic hydroxyl groups is 1. The molecule has 3 aromatic heterocycles. The van der Waals surface area contributed by atoms with Crippen LogP contribution in [0.25, 0.3) is 22.0 Å². The molecule has 0 spiro atoms. The first-order valence-corrected chi connectivity index (χ1v) is 11.8. The number of likely N-dealkylation sites (N-methyl/N-ethyl adjacent to an activating group) is 1. The fourth-order valence-electron chi connectivity index (χ4n) is 3.24. The molecule has 34 heavy (non-hydrogen) atoms. The smallest absolute Gasteiger partial charge is 0.251 e. The van der Waals surface area contributed by atoms with Crippen LogP contribution in [0.4, 0.5) is 11.8 Å². The Morgan fingerprint density at radius 3 is 2.62 bits per heavy atom. The van der Waals surface area contributed by atoms with Crippen molar-refractivity contribution in [2.45, 2.75) is 25.9 Å². The van der Waals surface area contributed by atoms with E-state index in [0.29, 0.717) is 24.7 Å². The summed E-state index contributed by atoms with van der Waals surface area (Å²) in [5, 5.41) is 14.9. The Morgan fingerprint density at radius 2 is 1.94 bits per heavy atom. The number of anilines is 2. The van der Waals surface area contributed by atoms with Crippen LogP contribution in [-0.2, 0) is 11.2 Å². The predicted molar refractivity (Wildman–Crippen MR) is 132 cm³/mol. The lowest BCUT2D eigenvalue weighted by Gasteiger charge is -2.05. The fraction of sp³-hybridized carbons (Fsp3) is 0.250. The highest BCUT2D eigenvalue weighted by atomic mass is 32.1. The zero-order chi connectivity index (χ0) is 23.9. The van der Waals surface area contributed by atoms with E-state index in [4.69, 9.17) is 10.1 Å². The molecule has 4 aromatic rings. The molecule has 1 unspecified atom stereocenters. The highest BCUT2D eigenvalue weighted by Gasteiger charge is 2.26. The van der Waals surface area contributed by atoms with Gasteiger partial charge in [0, 0.05) is 42.5 Å². The number of hydrogen-bond acceptors (Lipinski definition) is 9. The van der Waals surface area contributed by atoms with Crippen LogP contribution in [-0.4, -0.2) is 60.5 Å². The van der Waals surface area contributed by atoms with E-state index >= 15 is 0 Å². The molecule has 0 saturated carbocycles. The van der Waals surface area contributed by atoms with E-state index in [1.807, 2.05) is 35.7 Å². The van der Waals surface area contributed by atoms with Crippen molar-refractivity contribution in [1.82, 2.24) is 29.8 Å². The van der Waals surface area contributed by atoms with E-state index in [-0.39, 0.29) is 5.91 Å². The van der Waals surface area contributed by atoms with Crippen LogP contribution in [0.1, 0.15) is 19.0 Å². The van der Waals surface area contributed by atoms with Gasteiger partial charge in [-0.1, -0.05) is 37.3 Å². The quantitative estimate of drug-likeness (QED) is 0.450. The summed E-state index contributed by atoms with van der Waals surface area (Å²) in [6.07, 6.45) is 3.97. The molecule has 9 nitrogen and oxygen atoms in total. The maximum Gasteiger partial charge on any atom is 0.251 e. The molecule has 10 heteroatoms. The van der Waals surface area contributed by atoms with Crippen molar-refractivity contribution >= 4 is 29.0 Å². The molecule has 1 atom stereocenters. The second-order valence-electron chi connectivity index (χ2n) is 7.61. The van der Waals surface area contributed by atoms with Crippen molar-refractivity contribution in [2.24, 2.45) is 0 Å². The predicted octanol–water partition coefficient (Wildman–Crippen LogP) is 3.57. The number of likely N-dealkylation sites (tertiary alicyclic amines) is 1. The molecule has 0 radical (unpaired) electrons. The van der Waals surface area contributed by atoms with Crippen molar-refractivity contribution < 1.29 is 9.90 Å². The van der Waals surface area contributed by atoms with Gasteiger partial charge in [-0.15, -0.1) is 11.3 Å². The first kappa shape index (κ1) is 23.4. The minimum Gasteiger partial charge on any atom is -0.383 e. The summed E-state index contributed by atoms with van der Waals surface area (Å²) < 4.78 is 0. The van der Waals surface area contributed by atoms with Gasteiger partial charge in [0.2, 0.25) is 5.95 Å². The number of rotatable bonds is 5. The number of nitrogens with one attached hydrogen (secondary N) is 1. The molecule has 1 aliphatic rings. The molecule has 0 bridgehead atoms. The molecule has 174 valence electrons. The molecule has 5 rings (SSSR count). The highest BCUT2D eigenvalue weighted by Crippen LogP contribution is 2.28. The first-order valence-electron chi connectivity index (χ1n) is 10.9. The van der Waals surface area contributed by atoms with E-state index < -0.39 is 6.10 Å². The number of thiazole rings is 1. The maximum absolute atomic E-state index is 10.6. The lowest BCUT2D eigenvalue weighted by molar-refractivity contribution is -0.133. The molecular formula is C24H25N7O2S. The average Bonchev–Trinajstić information content (AvgIpc) is 3.48. The zero-order valence-electron chi connectivity index (χ0n) is 18.9. The summed E-state index contributed by atoms with van der Waals surface area (Å²) in [7, 11) is 1.69. The number of aryl methyl sites for hydroxylation is 1. The standard InChI is InChI=1S/C19H16N6S.C5H9NO2/c1-2-14-10-17(22-12-21-14)25-19-20-9-8-15(24-19)16-11-26-18(23-16)13-6-4-3-5-7-13;1-6-3-2-4(7)5(6)8/h3-12H,2H2,1H3,(H,20,21,22,24,25);4,7H,2-3H2,1H3. The third-order valence-corrected chi connectivity index (χ3v) is 6.06. The monoisotopic (exact) mass is 475 g/mol. The molecule has 1 aliphatic heterocycles. The van der Waals surface area contributed by atoms with E-state index in [1.54, 1.807) is 24.6 Å². The van der Waals surface area contributed by atoms with Crippen LogP contribution >= 0.6 is 11.3 Å². The Kier molecular flexibility index (Phi) is 7.51. The van der Waals surface area contributed by atoms with Gasteiger partial charge in [0.1, 0.15) is 29.0 Å². The molecular weight excluding hydrogens is 450 g/mol. The normalized spacial score (nSPS) is 15.1. The lowest BCUT2D eigenvalue weighted by Crippen LogP contribution is -2.24. The number of benzene rings is 1. The molecule has 2 N–H and O–H groups in total. The molecule has 1 aromatic carbocycles. The SMILES string of the molecule is CCc1cc(Nc2nccc(-c3csc(-c4ccccc4)n3)n2)ncn1.CN1CCC(O)C1=O. The summed E-state index contributed by atoms with van der Waals surface area (Å²) >= 11 is 1.60. The topological polar surface area (TPSA) is 117 Å². The van der Waals surface area contributed by atoms with E-state index in [9.17, 15) is 4.79 Å². The Hall–Kier alpha value is -3.76. The maximum atomic E-state index is 10.6. The van der Waals surface area contributed by atoms with E-state index in [1.165, 1.54) is 11.2 Å². The number of hydrogen-bond donors (Lipinski definition) is 2. The second-order valence-corrected chi connectivity index (χ2v) is 8.46. The Bertz CT molecular complexity index is 1240. The molecule has 0 aliphatic carbocycles. The van der Waals surface area contributed by atoms with E-state index in [2.05, 4.69) is 44.3 Å². The molecule has 1 fully saturated rings. The van der Waals surface area contributed by atoms with Gasteiger partial charge in [-0.2, -0.15) is 0 Å². The summed E-state index contributed by atoms with van der Waals surface area (Å²) in [6.45, 7) is 2.75. The number of carbonyl (C=O) groups is 1. The van der Waals surface area contributed by atoms with Gasteiger partial charge in [-0.05, 0) is 18.9 Å². The molecule has 4 heterocycles. The largest absolute Gasteiger partial charge is 0.383 e. The Labute approximate surface area is 201 Å². The van der Waals surface area contributed by atoms with Gasteiger partial charge in [-0.25, -0.2) is 24.9 Å². The van der Waals surface area contributed by atoms with Crippen molar-refractivity contribution in [3.63, 3.8) is 0 Å². The average molecular weight is 476 g/mol. The zero-order valence-corrected chi connectivity index (χ0v) is 19.7. The van der Waals surface area contributed by atoms with Gasteiger partial charge in [0.05, 0.1) is 5.69 Å². The third kappa shape index (κ3) is 5.77. The van der Waals surface area contributed by atoms with Crippen molar-refractivity contribution in [3.05, 3.63) is 66.1 Å². The van der Waals surface area contributed by atoms with Crippen LogP contribution in [0.15, 0.2) is 60.4 Å². The number of nitrogens with zero attached hydrogens (tertiary/aromatic N) is 6. The summed E-state index contributed by atoms with van der Waals surface area (Å²) in [5.41, 5.74) is 3.66. The van der Waals surface area contributed by atoms with Gasteiger partial charge < -0.3 is 15.3 Å². The second kappa shape index (κ2) is 10.9. The first-order chi connectivity index (χ1) is 16.5. The number of aliphatic hydroxyl groups excluding tert-OH is 1. The van der Waals surface area contributed by atoms with Gasteiger partial charge in [0.25, 0.3) is 5.91 Å². The van der Waals surface area contributed by atoms with Gasteiger partial charge >= 0.3 is 0 Å². The summed E-state index contributed by atoms with van der Waals surface area (Å²) in [5.74, 6) is 1.01. The van der Waals surface area contributed by atoms with Crippen LogP contribution in [0.5, 0.6) is 0 Å². The highest BCUT2D eigenvalue weighted by molar-refractivity contribution is 7.13. The number of carbonyl (C=O) groups excluding carboxylic acids is 1. The molecule has 1 saturated heterocycles. The van der Waals surface area contributed by atoms with Crippen LogP contribution in [0.2, 0.25) is 0 Å². The van der Waals surface area contributed by atoms with E-state index in [0.717, 1.165) is 34.1 Å². The number of aromatic nitrogens is 5. The van der Waals surface area contributed by atoms with Crippen LogP contribution in [0, 0.1) is 0 Å². The minimum absolute atomic E-state index is 0.148. The van der Waals surface area contributed by atoms with Crippen molar-refractivity contribution in [3.8, 4) is 22.0 Å². The molecule has 1 amide bonds. The van der Waals surface area contributed by atoms with Gasteiger partial charge in [0.15, 0.2) is 0 Å². The van der Waals surface area contributed by atoms with Crippen LogP contribution in [0.3, 0.4) is 0 Å². The summed E-state index contributed by atoms with van der Waals surface area (Å²) in [6, 6.07) is 13.9. The van der Waals surface area contributed by atoms with Crippen molar-refractivity contribution in [2.75, 3.05) is 18.9 Å². The van der Waals surface area contributed by atoms with Crippen LogP contribution < -0.4 is 5.32 Å². The third-order valence-electron chi connectivity index (χ3n) is 5.17. The Morgan fingerprint density at radius 1 is 1.12 bits per heavy atom. The Balaban J connectivity index is 0.000000291. The minimum atomic E-state index is -0.722. The lowest BCUT2D eigenvalue weighted by atomic mass is 10.2. The summed E-state index contributed by atoms with van der Waals surface area (Å²) in [4.78, 5) is 34.1. The fourth-order valence-corrected chi connectivity index (χ4v) is 4.06. The van der Waals surface area contributed by atoms with Gasteiger partial charge in [-0.3, -0.25) is 4.79 Å².